The van der Waals surface area contributed by atoms with Gasteiger partial charge in [0.15, 0.2) is 0 Å². The molecule has 7 aromatic rings. The second-order valence-electron chi connectivity index (χ2n) is 12.6. The van der Waals surface area contributed by atoms with E-state index in [0.717, 1.165) is 26.9 Å². The zero-order chi connectivity index (χ0) is 33.9. The average Bonchev–Trinajstić information content (AvgIpc) is 3.15. The Kier molecular flexibility index (Phi) is 11.8. The molecule has 0 amide bonds. The lowest BCUT2D eigenvalue weighted by atomic mass is 9.97. The van der Waals surface area contributed by atoms with E-state index in [1.807, 2.05) is 30.3 Å². The second kappa shape index (κ2) is 16.8. The van der Waals surface area contributed by atoms with E-state index < -0.39 is 14.6 Å². The van der Waals surface area contributed by atoms with E-state index in [9.17, 15) is 0 Å². The molecule has 0 radical (unpaired) electrons. The molecule has 0 aromatic heterocycles. The van der Waals surface area contributed by atoms with E-state index in [1.54, 1.807) is 6.07 Å². The fourth-order valence-electron chi connectivity index (χ4n) is 6.99. The Balaban J connectivity index is 0.000000173. The van der Waals surface area contributed by atoms with Crippen LogP contribution in [0.3, 0.4) is 0 Å². The van der Waals surface area contributed by atoms with E-state index in [-0.39, 0.29) is 0 Å². The van der Waals surface area contributed by atoms with Gasteiger partial charge in [-0.05, 0) is 94.4 Å². The molecule has 2 N–H and O–H groups in total. The van der Waals surface area contributed by atoms with Crippen LogP contribution in [0.5, 0.6) is 5.75 Å². The van der Waals surface area contributed by atoms with Crippen LogP contribution in [0.25, 0.3) is 32.3 Å². The molecular formula is C44H45BO3P+. The van der Waals surface area contributed by atoms with Crippen LogP contribution < -0.4 is 20.6 Å². The molecule has 7 aromatic carbocycles. The first-order valence-electron chi connectivity index (χ1n) is 17.5. The first-order valence-corrected chi connectivity index (χ1v) is 19.5. The molecule has 7 rings (SSSR count). The lowest BCUT2D eigenvalue weighted by molar-refractivity contribution is 0.289. The molecule has 0 unspecified atom stereocenters. The summed E-state index contributed by atoms with van der Waals surface area (Å²) >= 11 is 0. The summed E-state index contributed by atoms with van der Waals surface area (Å²) in [5, 5.41) is 29.1. The zero-order valence-corrected chi connectivity index (χ0v) is 29.2. The lowest BCUT2D eigenvalue weighted by Gasteiger charge is -2.27. The van der Waals surface area contributed by atoms with Crippen molar-refractivity contribution in [1.82, 2.24) is 0 Å². The van der Waals surface area contributed by atoms with Crippen molar-refractivity contribution in [3.8, 4) is 5.75 Å². The van der Waals surface area contributed by atoms with Gasteiger partial charge < -0.3 is 14.7 Å². The highest BCUT2D eigenvalue weighted by molar-refractivity contribution is 7.95. The summed E-state index contributed by atoms with van der Waals surface area (Å²) in [5.41, 5.74) is 0. The Morgan fingerprint density at radius 1 is 0.490 bits per heavy atom. The molecule has 246 valence electrons. The minimum Gasteiger partial charge on any atom is -0.511 e. The third-order valence-corrected chi connectivity index (χ3v) is 13.9. The Morgan fingerprint density at radius 2 is 0.980 bits per heavy atom. The summed E-state index contributed by atoms with van der Waals surface area (Å²) < 4.78 is 5.16. The van der Waals surface area contributed by atoms with Crippen LogP contribution >= 0.6 is 7.26 Å². The summed E-state index contributed by atoms with van der Waals surface area (Å²) in [6.07, 6.45) is 9.34. The molecule has 49 heavy (non-hydrogen) atoms. The highest BCUT2D eigenvalue weighted by Crippen LogP contribution is 2.56. The monoisotopic (exact) mass is 663 g/mol. The van der Waals surface area contributed by atoms with Gasteiger partial charge in [-0.25, -0.2) is 0 Å². The molecule has 0 saturated carbocycles. The first-order chi connectivity index (χ1) is 24.1. The average molecular weight is 664 g/mol. The molecule has 0 aliphatic rings. The van der Waals surface area contributed by atoms with Gasteiger partial charge in [-0.3, -0.25) is 0 Å². The lowest BCUT2D eigenvalue weighted by Crippen LogP contribution is -2.33. The van der Waals surface area contributed by atoms with Crippen molar-refractivity contribution < 1.29 is 14.7 Å². The molecule has 0 aliphatic heterocycles. The molecule has 0 aliphatic carbocycles. The smallest absolute Gasteiger partial charge is 0.511 e. The van der Waals surface area contributed by atoms with Gasteiger partial charge in [0.2, 0.25) is 0 Å². The van der Waals surface area contributed by atoms with Crippen molar-refractivity contribution in [2.75, 3.05) is 6.16 Å². The van der Waals surface area contributed by atoms with Crippen molar-refractivity contribution in [3.05, 3.63) is 158 Å². The summed E-state index contributed by atoms with van der Waals surface area (Å²) in [6.45, 7) is 2.29. The van der Waals surface area contributed by atoms with E-state index in [2.05, 4.69) is 128 Å². The molecule has 0 fully saturated rings. The van der Waals surface area contributed by atoms with Gasteiger partial charge >= 0.3 is 7.32 Å². The maximum Gasteiger partial charge on any atom is 0.707 e. The number of hydrogen-bond acceptors (Lipinski definition) is 3. The third-order valence-electron chi connectivity index (χ3n) is 9.36. The minimum atomic E-state index is -1.83. The SMILES string of the molecule is CCCCCCCC[P+](c1ccccc1)(c1ccccc1)c1ccccc1.OB(O)Oc1cccc2ccc3cc4ccccc4cc3c12. The normalized spacial score (nSPS) is 11.3. The Bertz CT molecular complexity index is 1970. The van der Waals surface area contributed by atoms with Gasteiger partial charge in [-0.2, -0.15) is 0 Å². The largest absolute Gasteiger partial charge is 0.707 e. The topological polar surface area (TPSA) is 49.7 Å². The van der Waals surface area contributed by atoms with Crippen molar-refractivity contribution in [1.29, 1.82) is 0 Å². The quantitative estimate of drug-likeness (QED) is 0.0450. The Labute approximate surface area is 291 Å². The first kappa shape index (κ1) is 34.4. The molecule has 0 bridgehead atoms. The summed E-state index contributed by atoms with van der Waals surface area (Å²) in [6, 6.07) is 55.8. The van der Waals surface area contributed by atoms with Crippen LogP contribution in [0.2, 0.25) is 0 Å². The van der Waals surface area contributed by atoms with Crippen molar-refractivity contribution in [2.45, 2.75) is 45.4 Å². The van der Waals surface area contributed by atoms with Gasteiger partial charge in [-0.1, -0.05) is 136 Å². The Hall–Kier alpha value is -4.47. The second-order valence-corrected chi connectivity index (χ2v) is 16.2. The van der Waals surface area contributed by atoms with E-state index >= 15 is 0 Å². The van der Waals surface area contributed by atoms with Gasteiger partial charge in [0, 0.05) is 5.39 Å². The highest BCUT2D eigenvalue weighted by atomic mass is 31.2. The number of benzene rings is 7. The molecule has 3 nitrogen and oxygen atoms in total. The van der Waals surface area contributed by atoms with Gasteiger partial charge in [0.05, 0.1) is 6.16 Å². The fraction of sp³-hybridized carbons (Fsp3) is 0.182. The maximum atomic E-state index is 9.14. The number of unbranched alkanes of at least 4 members (excludes halogenated alkanes) is 5. The minimum absolute atomic E-state index is 0.466. The van der Waals surface area contributed by atoms with Gasteiger partial charge in [0.1, 0.15) is 28.9 Å². The van der Waals surface area contributed by atoms with E-state index in [0.29, 0.717) is 5.75 Å². The predicted molar refractivity (Wildman–Crippen MR) is 213 cm³/mol. The van der Waals surface area contributed by atoms with Gasteiger partial charge in [-0.15, -0.1) is 0 Å². The van der Waals surface area contributed by atoms with Crippen LogP contribution in [0.15, 0.2) is 158 Å². The van der Waals surface area contributed by atoms with E-state index in [1.165, 1.54) is 66.0 Å². The maximum absolute atomic E-state index is 9.14. The summed E-state index contributed by atoms with van der Waals surface area (Å²) in [7, 11) is -3.44. The summed E-state index contributed by atoms with van der Waals surface area (Å²) in [4.78, 5) is 0. The summed E-state index contributed by atoms with van der Waals surface area (Å²) in [5.74, 6) is 0.466. The third kappa shape index (κ3) is 8.06. The molecule has 0 saturated heterocycles. The number of rotatable bonds is 12. The van der Waals surface area contributed by atoms with Crippen LogP contribution in [-0.4, -0.2) is 23.5 Å². The number of fused-ring (bicyclic) bond motifs is 4. The van der Waals surface area contributed by atoms with Crippen molar-refractivity contribution >= 4 is 62.8 Å². The van der Waals surface area contributed by atoms with Crippen molar-refractivity contribution in [2.24, 2.45) is 0 Å². The molecule has 0 heterocycles. The fourth-order valence-corrected chi connectivity index (χ4v) is 11.4. The standard InChI is InChI=1S/C26H32P.C18H13BO3/c1-2-3-4-5-6-16-23-27(24-17-10-7-11-18-24,25-19-12-8-13-20-25)26-21-14-9-15-22-26;20-19(21)22-17-7-3-6-12-8-9-15-10-13-4-1-2-5-14(13)11-16(15)18(12)17/h7-15,17-22H,2-6,16,23H2,1H3;1-11,20-21H/q+1;. The van der Waals surface area contributed by atoms with Crippen LogP contribution in [-0.2, 0) is 0 Å². The van der Waals surface area contributed by atoms with Crippen LogP contribution in [0.4, 0.5) is 0 Å². The van der Waals surface area contributed by atoms with E-state index in [4.69, 9.17) is 14.7 Å². The molecule has 5 heteroatoms. The number of hydrogen-bond donors (Lipinski definition) is 2. The Morgan fingerprint density at radius 3 is 1.55 bits per heavy atom. The van der Waals surface area contributed by atoms with Gasteiger partial charge in [0.25, 0.3) is 0 Å². The van der Waals surface area contributed by atoms with Crippen LogP contribution in [0, 0.1) is 0 Å². The predicted octanol–water partition coefficient (Wildman–Crippen LogP) is 9.84. The highest BCUT2D eigenvalue weighted by Gasteiger charge is 2.44. The van der Waals surface area contributed by atoms with Crippen molar-refractivity contribution in [3.63, 3.8) is 0 Å². The van der Waals surface area contributed by atoms with Crippen LogP contribution in [0.1, 0.15) is 45.4 Å². The molecule has 0 spiro atoms. The zero-order valence-electron chi connectivity index (χ0n) is 28.3. The molecular weight excluding hydrogens is 618 g/mol. The molecule has 0 atom stereocenters.